The summed E-state index contributed by atoms with van der Waals surface area (Å²) in [6.45, 7) is 8.27. The molecule has 2 heterocycles. The van der Waals surface area contributed by atoms with Gasteiger partial charge in [-0.1, -0.05) is 39.0 Å². The number of hydrogen-bond acceptors (Lipinski definition) is 3. The Morgan fingerprint density at radius 1 is 1.12 bits per heavy atom. The Morgan fingerprint density at radius 2 is 1.88 bits per heavy atom. The number of rotatable bonds is 2. The van der Waals surface area contributed by atoms with Gasteiger partial charge in [0.2, 0.25) is 0 Å². The highest BCUT2D eigenvalue weighted by Gasteiger charge is 2.23. The number of hydrogen-bond donors (Lipinski definition) is 0. The topological polar surface area (TPSA) is 20.3 Å². The summed E-state index contributed by atoms with van der Waals surface area (Å²) in [5.41, 5.74) is 2.19. The van der Waals surface area contributed by atoms with Crippen molar-refractivity contribution in [3.05, 3.63) is 57.8 Å². The fourth-order valence-corrected chi connectivity index (χ4v) is 5.21. The van der Waals surface area contributed by atoms with Crippen molar-refractivity contribution in [1.29, 1.82) is 0 Å². The Balaban J connectivity index is 1.67. The molecule has 1 aromatic heterocycles. The largest absolute Gasteiger partial charge is 0.338 e. The highest BCUT2D eigenvalue weighted by atomic mass is 32.2. The van der Waals surface area contributed by atoms with Crippen LogP contribution in [0.1, 0.15) is 53.2 Å². The van der Waals surface area contributed by atoms with Gasteiger partial charge in [-0.2, -0.15) is 11.8 Å². The van der Waals surface area contributed by atoms with E-state index in [-0.39, 0.29) is 11.3 Å². The third-order valence-electron chi connectivity index (χ3n) is 4.49. The van der Waals surface area contributed by atoms with Crippen molar-refractivity contribution in [2.75, 3.05) is 18.8 Å². The first kappa shape index (κ1) is 17.6. The standard InChI is InChI=1S/C20H25NOS2/c1-20(2,3)16-8-6-15(7-9-16)19(22)21-11-10-18(24-14-12-21)17-5-4-13-23-17/h4-9,13,18H,10-12,14H2,1-3H3. The second kappa shape index (κ2) is 7.32. The van der Waals surface area contributed by atoms with E-state index in [2.05, 4.69) is 50.4 Å². The first-order chi connectivity index (χ1) is 11.4. The fraction of sp³-hybridized carbons (Fsp3) is 0.450. The molecular weight excluding hydrogens is 334 g/mol. The van der Waals surface area contributed by atoms with Gasteiger partial charge in [-0.3, -0.25) is 4.79 Å². The van der Waals surface area contributed by atoms with E-state index in [1.54, 1.807) is 0 Å². The van der Waals surface area contributed by atoms with Crippen LogP contribution in [0.3, 0.4) is 0 Å². The zero-order valence-electron chi connectivity index (χ0n) is 14.6. The molecule has 1 atom stereocenters. The lowest BCUT2D eigenvalue weighted by Gasteiger charge is -2.22. The molecule has 0 spiro atoms. The lowest BCUT2D eigenvalue weighted by atomic mass is 9.86. The minimum absolute atomic E-state index is 0.120. The zero-order chi connectivity index (χ0) is 17.2. The van der Waals surface area contributed by atoms with Crippen LogP contribution in [0.5, 0.6) is 0 Å². The molecule has 3 rings (SSSR count). The van der Waals surface area contributed by atoms with Crippen LogP contribution >= 0.6 is 23.1 Å². The Kier molecular flexibility index (Phi) is 5.36. The van der Waals surface area contributed by atoms with Crippen LogP contribution in [0.4, 0.5) is 0 Å². The van der Waals surface area contributed by atoms with Gasteiger partial charge in [-0.25, -0.2) is 0 Å². The van der Waals surface area contributed by atoms with E-state index in [9.17, 15) is 4.79 Å². The Hall–Kier alpha value is -1.26. The lowest BCUT2D eigenvalue weighted by molar-refractivity contribution is 0.0766. The molecule has 128 valence electrons. The van der Waals surface area contributed by atoms with Crippen LogP contribution in [0, 0.1) is 0 Å². The molecule has 4 heteroatoms. The van der Waals surface area contributed by atoms with Crippen LogP contribution in [-0.2, 0) is 5.41 Å². The van der Waals surface area contributed by atoms with E-state index in [0.717, 1.165) is 30.8 Å². The predicted octanol–water partition coefficient (Wildman–Crippen LogP) is 5.37. The van der Waals surface area contributed by atoms with Crippen molar-refractivity contribution in [2.24, 2.45) is 0 Å². The molecule has 1 unspecified atom stereocenters. The van der Waals surface area contributed by atoms with E-state index >= 15 is 0 Å². The van der Waals surface area contributed by atoms with Crippen molar-refractivity contribution in [2.45, 2.75) is 37.9 Å². The molecule has 1 aliphatic rings. The molecule has 0 N–H and O–H groups in total. The van der Waals surface area contributed by atoms with E-state index in [1.165, 1.54) is 10.4 Å². The monoisotopic (exact) mass is 359 g/mol. The summed E-state index contributed by atoms with van der Waals surface area (Å²) in [6.07, 6.45) is 1.04. The second-order valence-electron chi connectivity index (χ2n) is 7.28. The maximum atomic E-state index is 12.8. The average molecular weight is 360 g/mol. The second-order valence-corrected chi connectivity index (χ2v) is 9.57. The van der Waals surface area contributed by atoms with Gasteiger partial charge in [0, 0.05) is 34.5 Å². The maximum Gasteiger partial charge on any atom is 0.253 e. The molecule has 0 bridgehead atoms. The van der Waals surface area contributed by atoms with Gasteiger partial charge >= 0.3 is 0 Å². The summed E-state index contributed by atoms with van der Waals surface area (Å²) < 4.78 is 0. The molecule has 1 fully saturated rings. The summed E-state index contributed by atoms with van der Waals surface area (Å²) in [5, 5.41) is 2.67. The molecule has 0 aliphatic carbocycles. The van der Waals surface area contributed by atoms with Gasteiger partial charge in [0.05, 0.1) is 0 Å². The van der Waals surface area contributed by atoms with Crippen LogP contribution in [0.25, 0.3) is 0 Å². The van der Waals surface area contributed by atoms with E-state index in [4.69, 9.17) is 0 Å². The van der Waals surface area contributed by atoms with Crippen molar-refractivity contribution < 1.29 is 4.79 Å². The molecule has 24 heavy (non-hydrogen) atoms. The Bertz CT molecular complexity index is 671. The minimum Gasteiger partial charge on any atom is -0.338 e. The van der Waals surface area contributed by atoms with Crippen LogP contribution in [0.2, 0.25) is 0 Å². The third-order valence-corrected chi connectivity index (χ3v) is 6.93. The number of benzene rings is 1. The van der Waals surface area contributed by atoms with Gasteiger partial charge in [0.25, 0.3) is 5.91 Å². The van der Waals surface area contributed by atoms with E-state index in [1.807, 2.05) is 40.1 Å². The quantitative estimate of drug-likeness (QED) is 0.719. The predicted molar refractivity (Wildman–Crippen MR) is 105 cm³/mol. The fourth-order valence-electron chi connectivity index (χ4n) is 2.97. The summed E-state index contributed by atoms with van der Waals surface area (Å²) in [6, 6.07) is 12.5. The first-order valence-electron chi connectivity index (χ1n) is 8.50. The number of thioether (sulfide) groups is 1. The highest BCUT2D eigenvalue weighted by Crippen LogP contribution is 2.37. The van der Waals surface area contributed by atoms with E-state index in [0.29, 0.717) is 5.25 Å². The normalized spacial score (nSPS) is 19.1. The van der Waals surface area contributed by atoms with Crippen molar-refractivity contribution in [3.63, 3.8) is 0 Å². The molecule has 1 amide bonds. The number of amides is 1. The average Bonchev–Trinajstić information content (AvgIpc) is 2.98. The van der Waals surface area contributed by atoms with Crippen molar-refractivity contribution in [1.82, 2.24) is 4.90 Å². The van der Waals surface area contributed by atoms with E-state index < -0.39 is 0 Å². The molecule has 1 aliphatic heterocycles. The van der Waals surface area contributed by atoms with Gasteiger partial charge in [0.15, 0.2) is 0 Å². The van der Waals surface area contributed by atoms with Gasteiger partial charge in [-0.05, 0) is 41.0 Å². The summed E-state index contributed by atoms with van der Waals surface area (Å²) in [7, 11) is 0. The number of thiophene rings is 1. The Morgan fingerprint density at radius 3 is 2.50 bits per heavy atom. The molecule has 0 saturated carbocycles. The number of carbonyl (C=O) groups excluding carboxylic acids is 1. The van der Waals surface area contributed by atoms with Gasteiger partial charge in [0.1, 0.15) is 0 Å². The maximum absolute atomic E-state index is 12.8. The van der Waals surface area contributed by atoms with Crippen LogP contribution in [-0.4, -0.2) is 29.6 Å². The Labute approximate surface area is 153 Å². The highest BCUT2D eigenvalue weighted by molar-refractivity contribution is 7.99. The molecule has 1 aromatic carbocycles. The SMILES string of the molecule is CC(C)(C)c1ccc(C(=O)N2CCSC(c3cccs3)CC2)cc1. The summed E-state index contributed by atoms with van der Waals surface area (Å²) in [4.78, 5) is 16.3. The minimum atomic E-state index is 0.120. The van der Waals surface area contributed by atoms with Gasteiger partial charge in [-0.15, -0.1) is 11.3 Å². The van der Waals surface area contributed by atoms with Gasteiger partial charge < -0.3 is 4.90 Å². The third kappa shape index (κ3) is 4.04. The zero-order valence-corrected chi connectivity index (χ0v) is 16.3. The molecule has 0 radical (unpaired) electrons. The number of carbonyl (C=O) groups is 1. The van der Waals surface area contributed by atoms with Crippen molar-refractivity contribution in [3.8, 4) is 0 Å². The smallest absolute Gasteiger partial charge is 0.253 e. The molecule has 2 nitrogen and oxygen atoms in total. The number of nitrogens with zero attached hydrogens (tertiary/aromatic N) is 1. The summed E-state index contributed by atoms with van der Waals surface area (Å²) in [5.74, 6) is 1.18. The van der Waals surface area contributed by atoms with Crippen LogP contribution < -0.4 is 0 Å². The molecule has 2 aromatic rings. The molecule has 1 saturated heterocycles. The van der Waals surface area contributed by atoms with Crippen molar-refractivity contribution >= 4 is 29.0 Å². The van der Waals surface area contributed by atoms with Crippen LogP contribution in [0.15, 0.2) is 41.8 Å². The lowest BCUT2D eigenvalue weighted by Crippen LogP contribution is -2.33. The molecular formula is C20H25NOS2. The summed E-state index contributed by atoms with van der Waals surface area (Å²) >= 11 is 3.80. The first-order valence-corrected chi connectivity index (χ1v) is 10.4.